The van der Waals surface area contributed by atoms with Crippen LogP contribution in [0.4, 0.5) is 0 Å². The second kappa shape index (κ2) is 7.87. The molecule has 0 aliphatic carbocycles. The van der Waals surface area contributed by atoms with Gasteiger partial charge in [-0.15, -0.1) is 0 Å². The van der Waals surface area contributed by atoms with Gasteiger partial charge in [-0.1, -0.05) is 29.8 Å². The fraction of sp³-hybridized carbons (Fsp3) is 0.286. The van der Waals surface area contributed by atoms with Gasteiger partial charge in [0.15, 0.2) is 0 Å². The Morgan fingerprint density at radius 2 is 1.82 bits per heavy atom. The molecule has 0 aliphatic heterocycles. The van der Waals surface area contributed by atoms with Gasteiger partial charge in [0, 0.05) is 18.2 Å². The summed E-state index contributed by atoms with van der Waals surface area (Å²) in [6.45, 7) is 6.76. The standard InChI is InChI=1S/C21H25N3O3S/c1-14-5-10-20(15(2)11-14)21-23-18(13-27-21)12-24(4)16(3)17-6-8-19(9-7-17)28(22,25)26/h5-11,13,16H,12H2,1-4H3,(H2,22,25,26)/t16-/m0/s1. The predicted octanol–water partition coefficient (Wildman–Crippen LogP) is 3.80. The first-order valence-corrected chi connectivity index (χ1v) is 10.5. The molecule has 7 heteroatoms. The van der Waals surface area contributed by atoms with E-state index in [1.54, 1.807) is 18.4 Å². The third kappa shape index (κ3) is 4.49. The molecule has 0 radical (unpaired) electrons. The number of rotatable bonds is 6. The number of aryl methyl sites for hydroxylation is 2. The van der Waals surface area contributed by atoms with E-state index in [4.69, 9.17) is 9.56 Å². The molecule has 0 saturated heterocycles. The highest BCUT2D eigenvalue weighted by atomic mass is 32.2. The Labute approximate surface area is 166 Å². The minimum Gasteiger partial charge on any atom is -0.444 e. The van der Waals surface area contributed by atoms with Gasteiger partial charge in [0.2, 0.25) is 15.9 Å². The Balaban J connectivity index is 1.72. The van der Waals surface area contributed by atoms with Crippen molar-refractivity contribution < 1.29 is 12.8 Å². The molecule has 0 amide bonds. The highest BCUT2D eigenvalue weighted by Gasteiger charge is 2.16. The van der Waals surface area contributed by atoms with Gasteiger partial charge in [-0.25, -0.2) is 18.5 Å². The predicted molar refractivity (Wildman–Crippen MR) is 109 cm³/mol. The van der Waals surface area contributed by atoms with Crippen molar-refractivity contribution in [3.05, 3.63) is 71.1 Å². The van der Waals surface area contributed by atoms with E-state index in [1.807, 2.05) is 26.1 Å². The first-order chi connectivity index (χ1) is 13.1. The lowest BCUT2D eigenvalue weighted by molar-refractivity contribution is 0.250. The average molecular weight is 400 g/mol. The van der Waals surface area contributed by atoms with Crippen LogP contribution in [0.25, 0.3) is 11.5 Å². The van der Waals surface area contributed by atoms with Crippen LogP contribution in [0.1, 0.15) is 35.3 Å². The van der Waals surface area contributed by atoms with E-state index in [9.17, 15) is 8.42 Å². The number of hydrogen-bond donors (Lipinski definition) is 1. The molecule has 0 unspecified atom stereocenters. The van der Waals surface area contributed by atoms with E-state index in [0.717, 1.165) is 22.4 Å². The van der Waals surface area contributed by atoms with E-state index >= 15 is 0 Å². The van der Waals surface area contributed by atoms with Gasteiger partial charge in [0.1, 0.15) is 6.26 Å². The number of aromatic nitrogens is 1. The van der Waals surface area contributed by atoms with Gasteiger partial charge in [-0.2, -0.15) is 0 Å². The minimum absolute atomic E-state index is 0.0655. The van der Waals surface area contributed by atoms with Crippen LogP contribution < -0.4 is 5.14 Å². The maximum atomic E-state index is 11.4. The van der Waals surface area contributed by atoms with E-state index in [-0.39, 0.29) is 10.9 Å². The Morgan fingerprint density at radius 1 is 1.14 bits per heavy atom. The highest BCUT2D eigenvalue weighted by Crippen LogP contribution is 2.26. The number of sulfonamides is 1. The van der Waals surface area contributed by atoms with Crippen molar-refractivity contribution in [1.82, 2.24) is 9.88 Å². The monoisotopic (exact) mass is 399 g/mol. The minimum atomic E-state index is -3.68. The Kier molecular flexibility index (Phi) is 5.69. The highest BCUT2D eigenvalue weighted by molar-refractivity contribution is 7.89. The molecule has 0 spiro atoms. The molecule has 6 nitrogen and oxygen atoms in total. The average Bonchev–Trinajstić information content (AvgIpc) is 3.08. The lowest BCUT2D eigenvalue weighted by atomic mass is 10.1. The Hall–Kier alpha value is -2.48. The van der Waals surface area contributed by atoms with Gasteiger partial charge >= 0.3 is 0 Å². The van der Waals surface area contributed by atoms with E-state index in [0.29, 0.717) is 12.4 Å². The molecular weight excluding hydrogens is 374 g/mol. The number of primary sulfonamides is 1. The van der Waals surface area contributed by atoms with Crippen LogP contribution >= 0.6 is 0 Å². The van der Waals surface area contributed by atoms with Crippen LogP contribution in [0.15, 0.2) is 58.0 Å². The number of nitrogens with zero attached hydrogens (tertiary/aromatic N) is 2. The van der Waals surface area contributed by atoms with Crippen LogP contribution in [0.5, 0.6) is 0 Å². The molecular formula is C21H25N3O3S. The number of hydrogen-bond acceptors (Lipinski definition) is 5. The lowest BCUT2D eigenvalue weighted by Gasteiger charge is -2.24. The van der Waals surface area contributed by atoms with Crippen LogP contribution in [0, 0.1) is 13.8 Å². The zero-order valence-electron chi connectivity index (χ0n) is 16.5. The largest absolute Gasteiger partial charge is 0.444 e. The Bertz CT molecular complexity index is 1070. The lowest BCUT2D eigenvalue weighted by Crippen LogP contribution is -2.22. The molecule has 28 heavy (non-hydrogen) atoms. The third-order valence-electron chi connectivity index (χ3n) is 4.93. The van der Waals surface area contributed by atoms with E-state index in [1.165, 1.54) is 17.7 Å². The van der Waals surface area contributed by atoms with Gasteiger partial charge in [-0.3, -0.25) is 4.90 Å². The molecule has 1 heterocycles. The summed E-state index contributed by atoms with van der Waals surface area (Å²) >= 11 is 0. The molecule has 0 aliphatic rings. The summed E-state index contributed by atoms with van der Waals surface area (Å²) in [7, 11) is -1.69. The fourth-order valence-corrected chi connectivity index (χ4v) is 3.66. The molecule has 3 rings (SSSR count). The van der Waals surface area contributed by atoms with Crippen LogP contribution in [0.3, 0.4) is 0 Å². The first-order valence-electron chi connectivity index (χ1n) is 9.00. The van der Waals surface area contributed by atoms with Crippen molar-refractivity contribution in [2.75, 3.05) is 7.05 Å². The summed E-state index contributed by atoms with van der Waals surface area (Å²) in [4.78, 5) is 6.86. The van der Waals surface area contributed by atoms with Gasteiger partial charge in [-0.05, 0) is 57.1 Å². The molecule has 2 aromatic carbocycles. The molecule has 148 valence electrons. The summed E-state index contributed by atoms with van der Waals surface area (Å²) in [5.41, 5.74) is 5.16. The molecule has 1 aromatic heterocycles. The quantitative estimate of drug-likeness (QED) is 0.681. The first kappa shape index (κ1) is 20.3. The summed E-state index contributed by atoms with van der Waals surface area (Å²) in [6.07, 6.45) is 1.68. The number of nitrogens with two attached hydrogens (primary N) is 1. The van der Waals surface area contributed by atoms with Crippen LogP contribution in [-0.2, 0) is 16.6 Å². The van der Waals surface area contributed by atoms with Gasteiger partial charge in [0.25, 0.3) is 0 Å². The van der Waals surface area contributed by atoms with Crippen molar-refractivity contribution in [3.63, 3.8) is 0 Å². The zero-order chi connectivity index (χ0) is 20.5. The summed E-state index contributed by atoms with van der Waals surface area (Å²) < 4.78 is 28.5. The molecule has 3 aromatic rings. The smallest absolute Gasteiger partial charge is 0.238 e. The number of oxazole rings is 1. The summed E-state index contributed by atoms with van der Waals surface area (Å²) in [6, 6.07) is 12.9. The van der Waals surface area contributed by atoms with E-state index < -0.39 is 10.0 Å². The molecule has 1 atom stereocenters. The van der Waals surface area contributed by atoms with E-state index in [2.05, 4.69) is 29.8 Å². The maximum Gasteiger partial charge on any atom is 0.238 e. The van der Waals surface area contributed by atoms with Crippen molar-refractivity contribution in [2.45, 2.75) is 38.3 Å². The molecule has 2 N–H and O–H groups in total. The second-order valence-corrected chi connectivity index (χ2v) is 8.73. The Morgan fingerprint density at radius 3 is 2.43 bits per heavy atom. The van der Waals surface area contributed by atoms with Crippen molar-refractivity contribution in [3.8, 4) is 11.5 Å². The van der Waals surface area contributed by atoms with Crippen LogP contribution in [0.2, 0.25) is 0 Å². The van der Waals surface area contributed by atoms with Crippen molar-refractivity contribution in [1.29, 1.82) is 0 Å². The van der Waals surface area contributed by atoms with Crippen molar-refractivity contribution in [2.24, 2.45) is 5.14 Å². The molecule has 0 bridgehead atoms. The summed E-state index contributed by atoms with van der Waals surface area (Å²) in [5.74, 6) is 0.617. The zero-order valence-corrected chi connectivity index (χ0v) is 17.3. The molecule has 0 fully saturated rings. The number of benzene rings is 2. The SMILES string of the molecule is Cc1ccc(-c2nc(CN(C)[C@@H](C)c3ccc(S(N)(=O)=O)cc3)co2)c(C)c1. The summed E-state index contributed by atoms with van der Waals surface area (Å²) in [5, 5.41) is 5.16. The van der Waals surface area contributed by atoms with Crippen molar-refractivity contribution >= 4 is 10.0 Å². The third-order valence-corrected chi connectivity index (χ3v) is 5.86. The normalized spacial score (nSPS) is 13.1. The second-order valence-electron chi connectivity index (χ2n) is 7.17. The molecule has 0 saturated carbocycles. The van der Waals surface area contributed by atoms with Gasteiger partial charge in [0.05, 0.1) is 10.6 Å². The maximum absolute atomic E-state index is 11.4. The van der Waals surface area contributed by atoms with Gasteiger partial charge < -0.3 is 4.42 Å². The van der Waals surface area contributed by atoms with Crippen LogP contribution in [-0.4, -0.2) is 25.3 Å². The fourth-order valence-electron chi connectivity index (χ4n) is 3.14. The topological polar surface area (TPSA) is 89.4 Å².